The highest BCUT2D eigenvalue weighted by molar-refractivity contribution is 5.68. The molecule has 22 heavy (non-hydrogen) atoms. The Morgan fingerprint density at radius 1 is 1.05 bits per heavy atom. The van der Waals surface area contributed by atoms with Gasteiger partial charge in [0.2, 0.25) is 0 Å². The lowest BCUT2D eigenvalue weighted by atomic mass is 9.85. The Kier molecular flexibility index (Phi) is 5.72. The van der Waals surface area contributed by atoms with Crippen molar-refractivity contribution < 1.29 is 9.53 Å². The molecule has 2 heterocycles. The zero-order valence-corrected chi connectivity index (χ0v) is 14.6. The third-order valence-electron chi connectivity index (χ3n) is 5.00. The molecule has 2 aliphatic heterocycles. The first-order valence-corrected chi connectivity index (χ1v) is 8.79. The van der Waals surface area contributed by atoms with Gasteiger partial charge in [0, 0.05) is 25.2 Å². The van der Waals surface area contributed by atoms with Crippen LogP contribution in [0.3, 0.4) is 0 Å². The minimum absolute atomic E-state index is 0.0862. The normalized spacial score (nSPS) is 23.9. The predicted octanol–water partition coefficient (Wildman–Crippen LogP) is 2.59. The van der Waals surface area contributed by atoms with Crippen LogP contribution < -0.4 is 5.73 Å². The fourth-order valence-corrected chi connectivity index (χ4v) is 3.63. The molecular formula is C17H33N3O2. The van der Waals surface area contributed by atoms with Gasteiger partial charge in [-0.15, -0.1) is 0 Å². The summed E-state index contributed by atoms with van der Waals surface area (Å²) in [6.07, 6.45) is 6.96. The van der Waals surface area contributed by atoms with Gasteiger partial charge in [-0.25, -0.2) is 4.79 Å². The molecule has 2 N–H and O–H groups in total. The van der Waals surface area contributed by atoms with Gasteiger partial charge in [0.15, 0.2) is 0 Å². The molecule has 0 aromatic rings. The van der Waals surface area contributed by atoms with Crippen LogP contribution in [0, 0.1) is 0 Å². The van der Waals surface area contributed by atoms with Crippen molar-refractivity contribution >= 4 is 6.09 Å². The second-order valence-corrected chi connectivity index (χ2v) is 7.80. The SMILES string of the molecule is CC(C)(C)OC(=O)N1CCC(CN)(N2CCCCCC2)CC1. The molecule has 1 amide bonds. The van der Waals surface area contributed by atoms with Gasteiger partial charge in [-0.2, -0.15) is 0 Å². The Morgan fingerprint density at radius 3 is 2.05 bits per heavy atom. The molecule has 2 fully saturated rings. The van der Waals surface area contributed by atoms with E-state index in [1.54, 1.807) is 0 Å². The minimum atomic E-state index is -0.426. The number of nitrogens with two attached hydrogens (primary N) is 1. The molecule has 5 heteroatoms. The summed E-state index contributed by atoms with van der Waals surface area (Å²) in [4.78, 5) is 16.7. The molecule has 0 atom stereocenters. The van der Waals surface area contributed by atoms with Crippen molar-refractivity contribution in [3.05, 3.63) is 0 Å². The van der Waals surface area contributed by atoms with Crippen molar-refractivity contribution in [2.45, 2.75) is 70.4 Å². The molecule has 2 rings (SSSR count). The number of piperidine rings is 1. The summed E-state index contributed by atoms with van der Waals surface area (Å²) in [7, 11) is 0. The maximum absolute atomic E-state index is 12.2. The van der Waals surface area contributed by atoms with Crippen molar-refractivity contribution in [2.24, 2.45) is 5.73 Å². The third-order valence-corrected chi connectivity index (χ3v) is 5.00. The molecule has 128 valence electrons. The highest BCUT2D eigenvalue weighted by Gasteiger charge is 2.40. The fraction of sp³-hybridized carbons (Fsp3) is 0.941. The summed E-state index contributed by atoms with van der Waals surface area (Å²) < 4.78 is 5.49. The van der Waals surface area contributed by atoms with Crippen LogP contribution in [-0.4, -0.2) is 59.8 Å². The first-order chi connectivity index (χ1) is 10.4. The lowest BCUT2D eigenvalue weighted by Gasteiger charge is -2.48. The van der Waals surface area contributed by atoms with E-state index in [4.69, 9.17) is 10.5 Å². The van der Waals surface area contributed by atoms with Crippen LogP contribution in [0.15, 0.2) is 0 Å². The van der Waals surface area contributed by atoms with Gasteiger partial charge < -0.3 is 15.4 Å². The van der Waals surface area contributed by atoms with Crippen molar-refractivity contribution in [2.75, 3.05) is 32.7 Å². The first-order valence-electron chi connectivity index (χ1n) is 8.79. The lowest BCUT2D eigenvalue weighted by molar-refractivity contribution is -0.00406. The average Bonchev–Trinajstić information content (AvgIpc) is 2.75. The monoisotopic (exact) mass is 311 g/mol. The number of rotatable bonds is 2. The van der Waals surface area contributed by atoms with Crippen molar-refractivity contribution in [1.29, 1.82) is 0 Å². The summed E-state index contributed by atoms with van der Waals surface area (Å²) in [5, 5.41) is 0. The summed E-state index contributed by atoms with van der Waals surface area (Å²) in [6.45, 7) is 10.2. The average molecular weight is 311 g/mol. The zero-order chi connectivity index (χ0) is 16.2. The smallest absolute Gasteiger partial charge is 0.410 e. The van der Waals surface area contributed by atoms with Crippen LogP contribution in [0.25, 0.3) is 0 Å². The molecule has 0 aromatic heterocycles. The molecule has 0 unspecified atom stereocenters. The van der Waals surface area contributed by atoms with E-state index in [-0.39, 0.29) is 11.6 Å². The van der Waals surface area contributed by atoms with E-state index in [9.17, 15) is 4.79 Å². The molecule has 2 saturated heterocycles. The molecule has 0 aliphatic carbocycles. The Hall–Kier alpha value is -0.810. The summed E-state index contributed by atoms with van der Waals surface area (Å²) >= 11 is 0. The summed E-state index contributed by atoms with van der Waals surface area (Å²) in [6, 6.07) is 0. The van der Waals surface area contributed by atoms with Crippen molar-refractivity contribution in [1.82, 2.24) is 9.80 Å². The standard InChI is InChI=1S/C17H33N3O2/c1-16(2,3)22-15(21)19-12-8-17(14-18,9-13-19)20-10-6-4-5-7-11-20/h4-14,18H2,1-3H3. The number of hydrogen-bond donors (Lipinski definition) is 1. The van der Waals surface area contributed by atoms with Crippen LogP contribution >= 0.6 is 0 Å². The highest BCUT2D eigenvalue weighted by atomic mass is 16.6. The van der Waals surface area contributed by atoms with E-state index in [1.807, 2.05) is 25.7 Å². The van der Waals surface area contributed by atoms with E-state index >= 15 is 0 Å². The topological polar surface area (TPSA) is 58.8 Å². The quantitative estimate of drug-likeness (QED) is 0.851. The second kappa shape index (κ2) is 7.18. The van der Waals surface area contributed by atoms with E-state index in [1.165, 1.54) is 25.7 Å². The Morgan fingerprint density at radius 2 is 1.59 bits per heavy atom. The number of likely N-dealkylation sites (tertiary alicyclic amines) is 2. The number of carbonyl (C=O) groups excluding carboxylic acids is 1. The zero-order valence-electron chi connectivity index (χ0n) is 14.6. The number of hydrogen-bond acceptors (Lipinski definition) is 4. The van der Waals surface area contributed by atoms with Gasteiger partial charge >= 0.3 is 6.09 Å². The van der Waals surface area contributed by atoms with Gasteiger partial charge in [0.1, 0.15) is 5.60 Å². The maximum Gasteiger partial charge on any atom is 0.410 e. The Labute approximate surface area is 135 Å². The van der Waals surface area contributed by atoms with Crippen LogP contribution in [0.2, 0.25) is 0 Å². The van der Waals surface area contributed by atoms with Gasteiger partial charge in [-0.05, 0) is 59.5 Å². The Balaban J connectivity index is 1.94. The van der Waals surface area contributed by atoms with Crippen LogP contribution in [0.5, 0.6) is 0 Å². The number of amides is 1. The molecule has 0 spiro atoms. The van der Waals surface area contributed by atoms with Crippen LogP contribution in [-0.2, 0) is 4.74 Å². The van der Waals surface area contributed by atoms with E-state index in [0.717, 1.165) is 39.0 Å². The van der Waals surface area contributed by atoms with Gasteiger partial charge in [-0.1, -0.05) is 12.8 Å². The van der Waals surface area contributed by atoms with E-state index < -0.39 is 5.60 Å². The van der Waals surface area contributed by atoms with E-state index in [0.29, 0.717) is 6.54 Å². The maximum atomic E-state index is 12.2. The Bertz CT molecular complexity index is 363. The third kappa shape index (κ3) is 4.35. The second-order valence-electron chi connectivity index (χ2n) is 7.80. The predicted molar refractivity (Wildman–Crippen MR) is 88.9 cm³/mol. The molecule has 0 aromatic carbocycles. The van der Waals surface area contributed by atoms with Crippen LogP contribution in [0.4, 0.5) is 4.79 Å². The van der Waals surface area contributed by atoms with Crippen molar-refractivity contribution in [3.8, 4) is 0 Å². The van der Waals surface area contributed by atoms with Crippen molar-refractivity contribution in [3.63, 3.8) is 0 Å². The van der Waals surface area contributed by atoms with Crippen LogP contribution in [0.1, 0.15) is 59.3 Å². The van der Waals surface area contributed by atoms with E-state index in [2.05, 4.69) is 4.90 Å². The molecule has 2 aliphatic rings. The molecule has 0 radical (unpaired) electrons. The first kappa shape index (κ1) is 17.5. The largest absolute Gasteiger partial charge is 0.444 e. The lowest BCUT2D eigenvalue weighted by Crippen LogP contribution is -2.60. The molecule has 0 bridgehead atoms. The number of nitrogens with zero attached hydrogens (tertiary/aromatic N) is 2. The van der Waals surface area contributed by atoms with Gasteiger partial charge in [-0.3, -0.25) is 4.90 Å². The number of ether oxygens (including phenoxy) is 1. The van der Waals surface area contributed by atoms with Gasteiger partial charge in [0.25, 0.3) is 0 Å². The molecule has 5 nitrogen and oxygen atoms in total. The minimum Gasteiger partial charge on any atom is -0.444 e. The summed E-state index contributed by atoms with van der Waals surface area (Å²) in [5.74, 6) is 0. The number of carbonyl (C=O) groups is 1. The summed E-state index contributed by atoms with van der Waals surface area (Å²) in [5.41, 5.74) is 5.83. The fourth-order valence-electron chi connectivity index (χ4n) is 3.63. The van der Waals surface area contributed by atoms with Gasteiger partial charge in [0.05, 0.1) is 0 Å². The molecule has 0 saturated carbocycles. The highest BCUT2D eigenvalue weighted by Crippen LogP contribution is 2.31. The molecular weight excluding hydrogens is 278 g/mol.